The minimum Gasteiger partial charge on any atom is -0.507 e. The summed E-state index contributed by atoms with van der Waals surface area (Å²) in [5.74, 6) is 4.95. The normalized spacial score (nSPS) is 12.2. The summed E-state index contributed by atoms with van der Waals surface area (Å²) in [7, 11) is 0. The van der Waals surface area contributed by atoms with Gasteiger partial charge >= 0.3 is 0 Å². The van der Waals surface area contributed by atoms with Crippen molar-refractivity contribution < 1.29 is 9.90 Å². The van der Waals surface area contributed by atoms with E-state index in [1.165, 1.54) is 0 Å². The van der Waals surface area contributed by atoms with E-state index in [1.807, 2.05) is 11.5 Å². The third-order valence-corrected chi connectivity index (χ3v) is 2.88. The number of carbonyl (C=O) groups is 1. The molecule has 88 valence electrons. The van der Waals surface area contributed by atoms with Crippen molar-refractivity contribution in [1.29, 1.82) is 0 Å². The summed E-state index contributed by atoms with van der Waals surface area (Å²) in [6.07, 6.45) is 0.980. The van der Waals surface area contributed by atoms with E-state index in [0.717, 1.165) is 12.0 Å². The molecule has 0 saturated carbocycles. The number of hydrazine groups is 1. The van der Waals surface area contributed by atoms with Gasteiger partial charge in [0.1, 0.15) is 5.75 Å². The molecule has 1 atom stereocenters. The summed E-state index contributed by atoms with van der Waals surface area (Å²) >= 11 is 0. The van der Waals surface area contributed by atoms with Crippen molar-refractivity contribution in [3.63, 3.8) is 0 Å². The monoisotopic (exact) mass is 222 g/mol. The number of nitrogens with one attached hydrogen (secondary N) is 1. The molecule has 0 aliphatic heterocycles. The van der Waals surface area contributed by atoms with Gasteiger partial charge in [0.25, 0.3) is 5.91 Å². The van der Waals surface area contributed by atoms with Crippen molar-refractivity contribution in [2.45, 2.75) is 33.1 Å². The van der Waals surface area contributed by atoms with E-state index in [0.29, 0.717) is 11.5 Å². The van der Waals surface area contributed by atoms with Crippen molar-refractivity contribution >= 4 is 5.91 Å². The molecule has 0 radical (unpaired) electrons. The highest BCUT2D eigenvalue weighted by Gasteiger charge is 2.15. The van der Waals surface area contributed by atoms with Gasteiger partial charge in [-0.15, -0.1) is 0 Å². The van der Waals surface area contributed by atoms with Crippen molar-refractivity contribution in [2.24, 2.45) is 5.84 Å². The molecule has 0 fully saturated rings. The Kier molecular flexibility index (Phi) is 3.90. The van der Waals surface area contributed by atoms with Crippen molar-refractivity contribution in [3.05, 3.63) is 28.8 Å². The Morgan fingerprint density at radius 3 is 2.69 bits per heavy atom. The molecule has 1 aromatic carbocycles. The van der Waals surface area contributed by atoms with Crippen molar-refractivity contribution in [1.82, 2.24) is 5.43 Å². The Bertz CT molecular complexity index is 402. The molecule has 0 heterocycles. The SMILES string of the molecule is CCC(C)c1cc(C)c(O)c(C(=O)NN)c1. The minimum atomic E-state index is -0.467. The number of benzene rings is 1. The number of carbonyl (C=O) groups excluding carboxylic acids is 1. The largest absolute Gasteiger partial charge is 0.507 e. The molecule has 1 aromatic rings. The van der Waals surface area contributed by atoms with Crippen LogP contribution in [0.15, 0.2) is 12.1 Å². The van der Waals surface area contributed by atoms with Crippen molar-refractivity contribution in [2.75, 3.05) is 0 Å². The fraction of sp³-hybridized carbons (Fsp3) is 0.417. The van der Waals surface area contributed by atoms with Gasteiger partial charge in [0.05, 0.1) is 5.56 Å². The van der Waals surface area contributed by atoms with Crippen LogP contribution in [0.5, 0.6) is 5.75 Å². The average Bonchev–Trinajstić information content (AvgIpc) is 2.30. The molecule has 0 saturated heterocycles. The molecule has 4 nitrogen and oxygen atoms in total. The number of hydrogen-bond acceptors (Lipinski definition) is 3. The zero-order chi connectivity index (χ0) is 12.3. The van der Waals surface area contributed by atoms with E-state index >= 15 is 0 Å². The lowest BCUT2D eigenvalue weighted by molar-refractivity contribution is 0.0950. The summed E-state index contributed by atoms with van der Waals surface area (Å²) in [5.41, 5.74) is 4.00. The summed E-state index contributed by atoms with van der Waals surface area (Å²) < 4.78 is 0. The fourth-order valence-electron chi connectivity index (χ4n) is 1.58. The molecule has 4 heteroatoms. The number of rotatable bonds is 3. The summed E-state index contributed by atoms with van der Waals surface area (Å²) in [4.78, 5) is 11.5. The van der Waals surface area contributed by atoms with Crippen LogP contribution < -0.4 is 11.3 Å². The van der Waals surface area contributed by atoms with Gasteiger partial charge in [-0.25, -0.2) is 5.84 Å². The van der Waals surface area contributed by atoms with Gasteiger partial charge in [0, 0.05) is 0 Å². The highest BCUT2D eigenvalue weighted by atomic mass is 16.3. The highest BCUT2D eigenvalue weighted by Crippen LogP contribution is 2.28. The van der Waals surface area contributed by atoms with E-state index in [1.54, 1.807) is 13.0 Å². The van der Waals surface area contributed by atoms with Gasteiger partial charge in [0.2, 0.25) is 0 Å². The fourth-order valence-corrected chi connectivity index (χ4v) is 1.58. The van der Waals surface area contributed by atoms with Gasteiger partial charge in [-0.1, -0.05) is 19.9 Å². The highest BCUT2D eigenvalue weighted by molar-refractivity contribution is 5.97. The number of aromatic hydroxyl groups is 1. The lowest BCUT2D eigenvalue weighted by Crippen LogP contribution is -2.30. The molecule has 0 aliphatic rings. The molecule has 0 spiro atoms. The number of nitrogens with two attached hydrogens (primary N) is 1. The Labute approximate surface area is 95.4 Å². The molecule has 4 N–H and O–H groups in total. The maximum Gasteiger partial charge on any atom is 0.268 e. The van der Waals surface area contributed by atoms with E-state index in [-0.39, 0.29) is 11.3 Å². The molecule has 1 unspecified atom stereocenters. The first-order valence-corrected chi connectivity index (χ1v) is 5.35. The smallest absolute Gasteiger partial charge is 0.268 e. The van der Waals surface area contributed by atoms with E-state index in [2.05, 4.69) is 13.8 Å². The third kappa shape index (κ3) is 2.33. The molecule has 0 bridgehead atoms. The van der Waals surface area contributed by atoms with Crippen LogP contribution in [0.3, 0.4) is 0 Å². The predicted octanol–water partition coefficient (Wildman–Crippen LogP) is 1.82. The first-order chi connectivity index (χ1) is 7.51. The van der Waals surface area contributed by atoms with Crippen LogP contribution in [-0.4, -0.2) is 11.0 Å². The van der Waals surface area contributed by atoms with Crippen LogP contribution in [0, 0.1) is 6.92 Å². The Balaban J connectivity index is 3.27. The second-order valence-corrected chi connectivity index (χ2v) is 4.02. The first kappa shape index (κ1) is 12.5. The Morgan fingerprint density at radius 2 is 2.19 bits per heavy atom. The zero-order valence-electron chi connectivity index (χ0n) is 9.87. The second kappa shape index (κ2) is 4.99. The lowest BCUT2D eigenvalue weighted by atomic mass is 9.94. The lowest BCUT2D eigenvalue weighted by Gasteiger charge is -2.13. The zero-order valence-corrected chi connectivity index (χ0v) is 9.87. The van der Waals surface area contributed by atoms with E-state index < -0.39 is 5.91 Å². The number of phenolic OH excluding ortho intramolecular Hbond substituents is 1. The third-order valence-electron chi connectivity index (χ3n) is 2.88. The molecule has 1 amide bonds. The van der Waals surface area contributed by atoms with Crippen molar-refractivity contribution in [3.8, 4) is 5.75 Å². The quantitative estimate of drug-likeness (QED) is 0.415. The number of hydrogen-bond donors (Lipinski definition) is 3. The van der Waals surface area contributed by atoms with E-state index in [9.17, 15) is 9.90 Å². The Morgan fingerprint density at radius 1 is 1.56 bits per heavy atom. The van der Waals surface area contributed by atoms with E-state index in [4.69, 9.17) is 5.84 Å². The average molecular weight is 222 g/mol. The minimum absolute atomic E-state index is 0.00463. The maximum atomic E-state index is 11.5. The maximum absolute atomic E-state index is 11.5. The van der Waals surface area contributed by atoms with Crippen LogP contribution >= 0.6 is 0 Å². The number of nitrogen functional groups attached to an aromatic ring is 1. The summed E-state index contributed by atoms with van der Waals surface area (Å²) in [6.45, 7) is 5.93. The van der Waals surface area contributed by atoms with Gasteiger partial charge in [0.15, 0.2) is 0 Å². The second-order valence-electron chi connectivity index (χ2n) is 4.02. The van der Waals surface area contributed by atoms with Crippen LogP contribution in [-0.2, 0) is 0 Å². The van der Waals surface area contributed by atoms with Crippen LogP contribution in [0.1, 0.15) is 47.7 Å². The summed E-state index contributed by atoms with van der Waals surface area (Å²) in [6, 6.07) is 3.59. The topological polar surface area (TPSA) is 75.3 Å². The molecule has 1 rings (SSSR count). The molecular formula is C12H18N2O2. The molecule has 0 aromatic heterocycles. The van der Waals surface area contributed by atoms with Gasteiger partial charge in [-0.3, -0.25) is 10.2 Å². The van der Waals surface area contributed by atoms with Crippen LogP contribution in [0.4, 0.5) is 0 Å². The predicted molar refractivity (Wildman–Crippen MR) is 63.2 cm³/mol. The van der Waals surface area contributed by atoms with Crippen LogP contribution in [0.25, 0.3) is 0 Å². The van der Waals surface area contributed by atoms with Gasteiger partial charge < -0.3 is 5.11 Å². The molecule has 0 aliphatic carbocycles. The summed E-state index contributed by atoms with van der Waals surface area (Å²) in [5, 5.41) is 9.76. The molecular weight excluding hydrogens is 204 g/mol. The van der Waals surface area contributed by atoms with Gasteiger partial charge in [-0.2, -0.15) is 0 Å². The Hall–Kier alpha value is -1.55. The van der Waals surface area contributed by atoms with Crippen LogP contribution in [0.2, 0.25) is 0 Å². The number of amides is 1. The van der Waals surface area contributed by atoms with Gasteiger partial charge in [-0.05, 0) is 36.5 Å². The molecule has 16 heavy (non-hydrogen) atoms. The number of aryl methyl sites for hydroxylation is 1. The number of phenols is 1. The first-order valence-electron chi connectivity index (χ1n) is 5.35. The standard InChI is InChI=1S/C12H18N2O2/c1-4-7(2)9-5-8(3)11(15)10(6-9)12(16)14-13/h5-7,15H,4,13H2,1-3H3,(H,14,16).